The Hall–Kier alpha value is -0.710. The van der Waals surface area contributed by atoms with Gasteiger partial charge in [-0.05, 0) is 13.8 Å². The van der Waals surface area contributed by atoms with E-state index < -0.39 is 17.7 Å². The first kappa shape index (κ1) is 12.4. The molecule has 0 bridgehead atoms. The van der Waals surface area contributed by atoms with Gasteiger partial charge in [-0.2, -0.15) is 0 Å². The summed E-state index contributed by atoms with van der Waals surface area (Å²) in [5, 5.41) is 12.7. The Morgan fingerprint density at radius 2 is 2.33 bits per heavy atom. The van der Waals surface area contributed by atoms with Crippen molar-refractivity contribution in [2.75, 3.05) is 0 Å². The number of carbonyl (C=O) groups is 2. The molecule has 0 radical (unpaired) electrons. The third-order valence-corrected chi connectivity index (χ3v) is 2.91. The molecule has 1 rings (SSSR count). The van der Waals surface area contributed by atoms with Gasteiger partial charge in [-0.15, -0.1) is 5.06 Å². The van der Waals surface area contributed by atoms with Gasteiger partial charge < -0.3 is 9.94 Å². The first-order valence-electron chi connectivity index (χ1n) is 4.59. The number of nitrogens with zero attached hydrogens (tertiary/aromatic N) is 1. The second-order valence-corrected chi connectivity index (χ2v) is 4.18. The van der Waals surface area contributed by atoms with Crippen molar-refractivity contribution in [1.82, 2.24) is 10.2 Å². The molecule has 6 nitrogen and oxygen atoms in total. The number of hydroxylamine groups is 2. The van der Waals surface area contributed by atoms with Gasteiger partial charge in [0.25, 0.3) is 5.91 Å². The molecule has 0 aromatic carbocycles. The Morgan fingerprint density at radius 3 is 2.73 bits per heavy atom. The van der Waals surface area contributed by atoms with Crippen LogP contribution < -0.4 is 5.09 Å². The van der Waals surface area contributed by atoms with Crippen LogP contribution in [0.25, 0.3) is 0 Å². The average Bonchev–Trinajstić information content (AvgIpc) is 2.49. The van der Waals surface area contributed by atoms with Crippen molar-refractivity contribution in [3.8, 4) is 0 Å². The Morgan fingerprint density at radius 1 is 1.73 bits per heavy atom. The van der Waals surface area contributed by atoms with Gasteiger partial charge in [0.2, 0.25) is 0 Å². The van der Waals surface area contributed by atoms with Crippen molar-refractivity contribution in [2.45, 2.75) is 38.5 Å². The number of hydrogen-bond acceptors (Lipinski definition) is 5. The van der Waals surface area contributed by atoms with Crippen LogP contribution in [0.15, 0.2) is 0 Å². The maximum atomic E-state index is 11.5. The zero-order valence-corrected chi connectivity index (χ0v) is 9.84. The summed E-state index contributed by atoms with van der Waals surface area (Å²) in [6, 6.07) is 0. The third-order valence-electron chi connectivity index (χ3n) is 2.19. The normalized spacial score (nSPS) is 22.0. The monoisotopic (exact) mass is 234 g/mol. The summed E-state index contributed by atoms with van der Waals surface area (Å²) in [5.74, 6) is -0.998. The average molecular weight is 234 g/mol. The summed E-state index contributed by atoms with van der Waals surface area (Å²) < 4.78 is 0. The van der Waals surface area contributed by atoms with Crippen LogP contribution in [0.1, 0.15) is 26.7 Å². The van der Waals surface area contributed by atoms with E-state index in [1.807, 2.05) is 0 Å². The van der Waals surface area contributed by atoms with Gasteiger partial charge >= 0.3 is 5.97 Å². The van der Waals surface area contributed by atoms with Gasteiger partial charge in [0.15, 0.2) is 6.23 Å². The molecular formula is C8H15N2O4P. The van der Waals surface area contributed by atoms with Crippen LogP contribution in [0.2, 0.25) is 0 Å². The molecule has 2 atom stereocenters. The Bertz CT molecular complexity index is 282. The van der Waals surface area contributed by atoms with Gasteiger partial charge in [0.1, 0.15) is 5.54 Å². The lowest BCUT2D eigenvalue weighted by Crippen LogP contribution is -2.47. The lowest BCUT2D eigenvalue weighted by Gasteiger charge is -2.25. The van der Waals surface area contributed by atoms with Gasteiger partial charge in [0.05, 0.1) is 0 Å². The van der Waals surface area contributed by atoms with Crippen molar-refractivity contribution >= 4 is 21.3 Å². The number of aliphatic hydroxyl groups excluding tert-OH is 1. The minimum absolute atomic E-state index is 0.198. The quantitative estimate of drug-likeness (QED) is 0.646. The van der Waals surface area contributed by atoms with E-state index in [0.29, 0.717) is 6.42 Å². The molecule has 2 unspecified atom stereocenters. The minimum atomic E-state index is -1.03. The fourth-order valence-corrected chi connectivity index (χ4v) is 1.14. The molecule has 1 amide bonds. The minimum Gasteiger partial charge on any atom is -0.370 e. The second kappa shape index (κ2) is 4.43. The first-order chi connectivity index (χ1) is 6.88. The highest BCUT2D eigenvalue weighted by molar-refractivity contribution is 7.13. The fraction of sp³-hybridized carbons (Fsp3) is 0.750. The highest BCUT2D eigenvalue weighted by Gasteiger charge is 2.37. The summed E-state index contributed by atoms with van der Waals surface area (Å²) in [7, 11) is 2.20. The molecule has 1 fully saturated rings. The molecule has 2 N–H and O–H groups in total. The van der Waals surface area contributed by atoms with E-state index in [9.17, 15) is 14.7 Å². The zero-order valence-electron chi connectivity index (χ0n) is 8.69. The smallest absolute Gasteiger partial charge is 0.352 e. The molecule has 1 saturated heterocycles. The van der Waals surface area contributed by atoms with E-state index in [0.717, 1.165) is 5.06 Å². The van der Waals surface area contributed by atoms with Crippen LogP contribution in [-0.2, 0) is 14.4 Å². The molecular weight excluding hydrogens is 219 g/mol. The molecule has 1 heterocycles. The van der Waals surface area contributed by atoms with Crippen molar-refractivity contribution in [2.24, 2.45) is 0 Å². The summed E-state index contributed by atoms with van der Waals surface area (Å²) in [6.07, 6.45) is -0.536. The molecule has 15 heavy (non-hydrogen) atoms. The molecule has 0 spiro atoms. The SMILES string of the molecule is CC(C)(NP)C(=O)ON1C(=O)CCC1O. The van der Waals surface area contributed by atoms with Crippen LogP contribution in [0, 0.1) is 0 Å². The number of aliphatic hydroxyl groups is 1. The Labute approximate surface area is 90.2 Å². The predicted molar refractivity (Wildman–Crippen MR) is 55.1 cm³/mol. The maximum Gasteiger partial charge on any atom is 0.352 e. The lowest BCUT2D eigenvalue weighted by atomic mass is 10.1. The van der Waals surface area contributed by atoms with Crippen LogP contribution >= 0.6 is 9.39 Å². The summed E-state index contributed by atoms with van der Waals surface area (Å²) in [6.45, 7) is 3.21. The number of carbonyl (C=O) groups excluding carboxylic acids is 2. The van der Waals surface area contributed by atoms with Crippen LogP contribution in [0.5, 0.6) is 0 Å². The molecule has 86 valence electrons. The van der Waals surface area contributed by atoms with Crippen LogP contribution in [0.4, 0.5) is 0 Å². The standard InChI is InChI=1S/C8H15N2O4P/c1-8(2,9-15)7(13)14-10-5(11)3-4-6(10)12/h5,9,11H,3-4,15H2,1-2H3. The molecule has 0 aliphatic carbocycles. The summed E-state index contributed by atoms with van der Waals surface area (Å²) in [5.41, 5.74) is -0.923. The Balaban J connectivity index is 2.62. The van der Waals surface area contributed by atoms with E-state index in [4.69, 9.17) is 4.84 Å². The Kier molecular flexibility index (Phi) is 3.65. The van der Waals surface area contributed by atoms with Gasteiger partial charge in [-0.1, -0.05) is 9.39 Å². The van der Waals surface area contributed by atoms with Crippen LogP contribution in [-0.4, -0.2) is 33.8 Å². The largest absolute Gasteiger partial charge is 0.370 e. The first-order valence-corrected chi connectivity index (χ1v) is 5.16. The summed E-state index contributed by atoms with van der Waals surface area (Å²) in [4.78, 5) is 27.5. The van der Waals surface area contributed by atoms with Gasteiger partial charge in [0, 0.05) is 12.8 Å². The van der Waals surface area contributed by atoms with Crippen LogP contribution in [0.3, 0.4) is 0 Å². The number of rotatable bonds is 3. The molecule has 0 aromatic rings. The van der Waals surface area contributed by atoms with Crippen molar-refractivity contribution < 1.29 is 19.5 Å². The lowest BCUT2D eigenvalue weighted by molar-refractivity contribution is -0.224. The second-order valence-electron chi connectivity index (χ2n) is 3.89. The van der Waals surface area contributed by atoms with E-state index in [1.54, 1.807) is 13.8 Å². The highest BCUT2D eigenvalue weighted by atomic mass is 31.0. The molecule has 1 aliphatic heterocycles. The highest BCUT2D eigenvalue weighted by Crippen LogP contribution is 2.18. The van der Waals surface area contributed by atoms with Crippen molar-refractivity contribution in [1.29, 1.82) is 0 Å². The molecule has 7 heteroatoms. The van der Waals surface area contributed by atoms with E-state index in [1.165, 1.54) is 0 Å². The third kappa shape index (κ3) is 2.65. The van der Waals surface area contributed by atoms with Crippen molar-refractivity contribution in [3.05, 3.63) is 0 Å². The number of amides is 1. The molecule has 0 saturated carbocycles. The van der Waals surface area contributed by atoms with E-state index >= 15 is 0 Å². The van der Waals surface area contributed by atoms with E-state index in [2.05, 4.69) is 14.5 Å². The van der Waals surface area contributed by atoms with Gasteiger partial charge in [-0.25, -0.2) is 4.79 Å². The maximum absolute atomic E-state index is 11.5. The predicted octanol–water partition coefficient (Wildman–Crippen LogP) is -0.456. The number of hydrogen-bond donors (Lipinski definition) is 2. The van der Waals surface area contributed by atoms with E-state index in [-0.39, 0.29) is 12.3 Å². The number of nitrogens with one attached hydrogen (secondary N) is 1. The fourth-order valence-electron chi connectivity index (χ4n) is 1.02. The molecule has 0 aromatic heterocycles. The van der Waals surface area contributed by atoms with Crippen molar-refractivity contribution in [3.63, 3.8) is 0 Å². The summed E-state index contributed by atoms with van der Waals surface area (Å²) >= 11 is 0. The molecule has 1 aliphatic rings. The topological polar surface area (TPSA) is 78.9 Å². The zero-order chi connectivity index (χ0) is 11.6. The van der Waals surface area contributed by atoms with Gasteiger partial charge in [-0.3, -0.25) is 9.88 Å².